The first-order valence-electron chi connectivity index (χ1n) is 7.90. The SMILES string of the molecule is CC1(CNC(=O)c2ccccc2C(C)(C)C)CCCNC1. The second kappa shape index (κ2) is 6.18. The van der Waals surface area contributed by atoms with E-state index in [1.165, 1.54) is 12.8 Å². The average Bonchev–Trinajstić information content (AvgIpc) is 2.45. The molecule has 3 nitrogen and oxygen atoms in total. The predicted octanol–water partition coefficient (Wildman–Crippen LogP) is 3.10. The molecule has 1 unspecified atom stereocenters. The molecule has 2 rings (SSSR count). The van der Waals surface area contributed by atoms with Crippen LogP contribution in [0, 0.1) is 5.41 Å². The number of hydrogen-bond donors (Lipinski definition) is 2. The van der Waals surface area contributed by atoms with E-state index in [0.717, 1.165) is 30.8 Å². The standard InChI is InChI=1S/C18H28N2O/c1-17(2,3)15-9-6-5-8-14(15)16(21)20-13-18(4)10-7-11-19-12-18/h5-6,8-9,19H,7,10-13H2,1-4H3,(H,20,21). The van der Waals surface area contributed by atoms with E-state index in [9.17, 15) is 4.79 Å². The first kappa shape index (κ1) is 16.0. The molecule has 1 aromatic rings. The molecule has 21 heavy (non-hydrogen) atoms. The highest BCUT2D eigenvalue weighted by atomic mass is 16.1. The summed E-state index contributed by atoms with van der Waals surface area (Å²) in [4.78, 5) is 12.6. The molecule has 2 N–H and O–H groups in total. The summed E-state index contributed by atoms with van der Waals surface area (Å²) in [6.07, 6.45) is 2.35. The number of benzene rings is 1. The van der Waals surface area contributed by atoms with Crippen molar-refractivity contribution in [3.63, 3.8) is 0 Å². The zero-order chi connectivity index (χ0) is 15.5. The molecule has 1 fully saturated rings. The number of piperidine rings is 1. The van der Waals surface area contributed by atoms with E-state index in [0.29, 0.717) is 0 Å². The number of nitrogens with one attached hydrogen (secondary N) is 2. The number of rotatable bonds is 3. The number of carbonyl (C=O) groups excluding carboxylic acids is 1. The van der Waals surface area contributed by atoms with Gasteiger partial charge in [-0.1, -0.05) is 45.9 Å². The Bertz CT molecular complexity index is 496. The molecule has 1 amide bonds. The van der Waals surface area contributed by atoms with E-state index < -0.39 is 0 Å². The monoisotopic (exact) mass is 288 g/mol. The highest BCUT2D eigenvalue weighted by Gasteiger charge is 2.28. The van der Waals surface area contributed by atoms with E-state index in [4.69, 9.17) is 0 Å². The second-order valence-electron chi connectivity index (χ2n) is 7.57. The van der Waals surface area contributed by atoms with Crippen molar-refractivity contribution >= 4 is 5.91 Å². The number of hydrogen-bond acceptors (Lipinski definition) is 2. The topological polar surface area (TPSA) is 41.1 Å². The Hall–Kier alpha value is -1.35. The quantitative estimate of drug-likeness (QED) is 0.897. The minimum absolute atomic E-state index is 0.0236. The van der Waals surface area contributed by atoms with Crippen molar-refractivity contribution in [2.45, 2.75) is 46.0 Å². The van der Waals surface area contributed by atoms with Crippen LogP contribution in [0.4, 0.5) is 0 Å². The lowest BCUT2D eigenvalue weighted by Gasteiger charge is -2.34. The average molecular weight is 288 g/mol. The summed E-state index contributed by atoms with van der Waals surface area (Å²) < 4.78 is 0. The lowest BCUT2D eigenvalue weighted by atomic mass is 9.82. The normalized spacial score (nSPS) is 22.9. The van der Waals surface area contributed by atoms with Gasteiger partial charge in [0, 0.05) is 18.7 Å². The second-order valence-corrected chi connectivity index (χ2v) is 7.57. The Balaban J connectivity index is 2.07. The molecule has 0 saturated carbocycles. The molecule has 0 spiro atoms. The maximum absolute atomic E-state index is 12.6. The van der Waals surface area contributed by atoms with Crippen molar-refractivity contribution in [2.75, 3.05) is 19.6 Å². The molecule has 1 saturated heterocycles. The van der Waals surface area contributed by atoms with E-state index in [2.05, 4.69) is 44.4 Å². The van der Waals surface area contributed by atoms with Gasteiger partial charge >= 0.3 is 0 Å². The Morgan fingerprint density at radius 2 is 2.05 bits per heavy atom. The van der Waals surface area contributed by atoms with Gasteiger partial charge < -0.3 is 10.6 Å². The summed E-state index contributed by atoms with van der Waals surface area (Å²) in [5.74, 6) is 0.0484. The van der Waals surface area contributed by atoms with Gasteiger partial charge in [0.25, 0.3) is 5.91 Å². The molecule has 0 aliphatic carbocycles. The van der Waals surface area contributed by atoms with Crippen LogP contribution in [0.15, 0.2) is 24.3 Å². The largest absolute Gasteiger partial charge is 0.351 e. The van der Waals surface area contributed by atoms with Crippen LogP contribution < -0.4 is 10.6 Å². The van der Waals surface area contributed by atoms with E-state index >= 15 is 0 Å². The number of carbonyl (C=O) groups is 1. The van der Waals surface area contributed by atoms with Crippen LogP contribution in [0.5, 0.6) is 0 Å². The van der Waals surface area contributed by atoms with Crippen LogP contribution in [0.2, 0.25) is 0 Å². The van der Waals surface area contributed by atoms with Gasteiger partial charge in [-0.2, -0.15) is 0 Å². The Labute approximate surface area is 128 Å². The fourth-order valence-corrected chi connectivity index (χ4v) is 2.99. The van der Waals surface area contributed by atoms with E-state index in [1.807, 2.05) is 18.2 Å². The zero-order valence-corrected chi connectivity index (χ0v) is 13.8. The van der Waals surface area contributed by atoms with Gasteiger partial charge in [-0.3, -0.25) is 4.79 Å². The van der Waals surface area contributed by atoms with E-state index in [-0.39, 0.29) is 16.7 Å². The predicted molar refractivity (Wildman–Crippen MR) is 87.7 cm³/mol. The van der Waals surface area contributed by atoms with Gasteiger partial charge in [0.2, 0.25) is 0 Å². The Morgan fingerprint density at radius 1 is 1.33 bits per heavy atom. The van der Waals surface area contributed by atoms with Crippen molar-refractivity contribution in [3.8, 4) is 0 Å². The highest BCUT2D eigenvalue weighted by Crippen LogP contribution is 2.27. The van der Waals surface area contributed by atoms with E-state index in [1.54, 1.807) is 0 Å². The molecule has 0 bridgehead atoms. The molecule has 1 aliphatic heterocycles. The fourth-order valence-electron chi connectivity index (χ4n) is 2.99. The summed E-state index contributed by atoms with van der Waals surface area (Å²) in [5, 5.41) is 6.57. The van der Waals surface area contributed by atoms with Crippen LogP contribution in [-0.2, 0) is 5.41 Å². The molecule has 1 aromatic carbocycles. The summed E-state index contributed by atoms with van der Waals surface area (Å²) >= 11 is 0. The minimum atomic E-state index is -0.0236. The van der Waals surface area contributed by atoms with Crippen molar-refractivity contribution < 1.29 is 4.79 Å². The summed E-state index contributed by atoms with van der Waals surface area (Å²) in [7, 11) is 0. The third kappa shape index (κ3) is 4.07. The molecule has 1 heterocycles. The molecule has 116 valence electrons. The number of amides is 1. The van der Waals surface area contributed by atoms with Crippen molar-refractivity contribution in [1.29, 1.82) is 0 Å². The van der Waals surface area contributed by atoms with Crippen LogP contribution in [-0.4, -0.2) is 25.5 Å². The van der Waals surface area contributed by atoms with Crippen molar-refractivity contribution in [3.05, 3.63) is 35.4 Å². The van der Waals surface area contributed by atoms with Crippen molar-refractivity contribution in [1.82, 2.24) is 10.6 Å². The molecule has 0 radical (unpaired) electrons. The molecule has 1 atom stereocenters. The molecule has 1 aliphatic rings. The lowest BCUT2D eigenvalue weighted by molar-refractivity contribution is 0.0922. The fraction of sp³-hybridized carbons (Fsp3) is 0.611. The Morgan fingerprint density at radius 3 is 2.67 bits per heavy atom. The van der Waals surface area contributed by atoms with Crippen LogP contribution in [0.1, 0.15) is 56.5 Å². The summed E-state index contributed by atoms with van der Waals surface area (Å²) in [5.41, 5.74) is 2.06. The van der Waals surface area contributed by atoms with Gasteiger partial charge in [0.05, 0.1) is 0 Å². The maximum Gasteiger partial charge on any atom is 0.251 e. The van der Waals surface area contributed by atoms with Crippen LogP contribution in [0.25, 0.3) is 0 Å². The van der Waals surface area contributed by atoms with Crippen molar-refractivity contribution in [2.24, 2.45) is 5.41 Å². The zero-order valence-electron chi connectivity index (χ0n) is 13.8. The summed E-state index contributed by atoms with van der Waals surface area (Å²) in [6.45, 7) is 11.5. The van der Waals surface area contributed by atoms with Gasteiger partial charge in [-0.15, -0.1) is 0 Å². The van der Waals surface area contributed by atoms with Crippen LogP contribution in [0.3, 0.4) is 0 Å². The Kier molecular flexibility index (Phi) is 4.72. The molecular weight excluding hydrogens is 260 g/mol. The summed E-state index contributed by atoms with van der Waals surface area (Å²) in [6, 6.07) is 7.92. The molecule has 3 heteroatoms. The third-order valence-corrected chi connectivity index (χ3v) is 4.34. The first-order chi connectivity index (χ1) is 9.82. The minimum Gasteiger partial charge on any atom is -0.351 e. The highest BCUT2D eigenvalue weighted by molar-refractivity contribution is 5.96. The smallest absolute Gasteiger partial charge is 0.251 e. The van der Waals surface area contributed by atoms with Gasteiger partial charge in [0.15, 0.2) is 0 Å². The first-order valence-corrected chi connectivity index (χ1v) is 7.90. The molecule has 0 aromatic heterocycles. The molecular formula is C18H28N2O. The van der Waals surface area contributed by atoms with Gasteiger partial charge in [-0.05, 0) is 41.8 Å². The van der Waals surface area contributed by atoms with Crippen LogP contribution >= 0.6 is 0 Å². The maximum atomic E-state index is 12.6. The lowest BCUT2D eigenvalue weighted by Crippen LogP contribution is -2.45. The third-order valence-electron chi connectivity index (χ3n) is 4.34. The van der Waals surface area contributed by atoms with Gasteiger partial charge in [0.1, 0.15) is 0 Å². The van der Waals surface area contributed by atoms with Gasteiger partial charge in [-0.25, -0.2) is 0 Å².